The zero-order valence-corrected chi connectivity index (χ0v) is 21.8. The lowest BCUT2D eigenvalue weighted by molar-refractivity contribution is 0.101. The average molecular weight is 538 g/mol. The van der Waals surface area contributed by atoms with Crippen LogP contribution < -0.4 is 24.3 Å². The van der Waals surface area contributed by atoms with Crippen LogP contribution in [-0.2, 0) is 0 Å². The second kappa shape index (κ2) is 11.4. The van der Waals surface area contributed by atoms with Crippen molar-refractivity contribution in [3.8, 4) is 40.5 Å². The lowest BCUT2D eigenvalue weighted by Gasteiger charge is -2.12. The summed E-state index contributed by atoms with van der Waals surface area (Å²) < 4.78 is 23.8. The Bertz CT molecular complexity index is 1730. The van der Waals surface area contributed by atoms with Crippen molar-refractivity contribution >= 4 is 22.6 Å². The monoisotopic (exact) mass is 537 g/mol. The van der Waals surface area contributed by atoms with Crippen LogP contribution in [0.25, 0.3) is 16.6 Å². The summed E-state index contributed by atoms with van der Waals surface area (Å²) in [6.45, 7) is 2.11. The molecule has 0 spiro atoms. The summed E-state index contributed by atoms with van der Waals surface area (Å²) >= 11 is 0. The van der Waals surface area contributed by atoms with E-state index in [4.69, 9.17) is 18.9 Å². The summed E-state index contributed by atoms with van der Waals surface area (Å²) in [4.78, 5) is 25.8. The maximum Gasteiger partial charge on any atom is 0.281 e. The van der Waals surface area contributed by atoms with Crippen molar-refractivity contribution in [2.45, 2.75) is 6.92 Å². The zero-order chi connectivity index (χ0) is 28.1. The fourth-order valence-corrected chi connectivity index (χ4v) is 3.92. The number of carbonyl (C=O) groups is 1. The lowest BCUT2D eigenvalue weighted by atomic mass is 10.2. The standard InChI is InChI=1S/C28H23N7O5/c1-4-39-25-16-35(21-15-30-9-7-17(21)13-29)34-27(25)28(36)33-26-6-5-18(14-32-26)40-22-8-10-31-20-12-24(38-3)23(37-2)11-19(20)22/h5-12,14-16H,4H2,1-3H3,(H,32,33,36). The molecule has 1 amide bonds. The zero-order valence-electron chi connectivity index (χ0n) is 21.8. The minimum atomic E-state index is -0.535. The quantitative estimate of drug-likeness (QED) is 0.284. The highest BCUT2D eigenvalue weighted by Crippen LogP contribution is 2.36. The van der Waals surface area contributed by atoms with Gasteiger partial charge in [0.05, 0.1) is 50.5 Å². The third kappa shape index (κ3) is 5.16. The molecule has 1 N–H and O–H groups in total. The number of methoxy groups -OCH3 is 2. The maximum absolute atomic E-state index is 13.1. The minimum absolute atomic E-state index is 0.0318. The van der Waals surface area contributed by atoms with Gasteiger partial charge < -0.3 is 24.3 Å². The van der Waals surface area contributed by atoms with Gasteiger partial charge in [0.25, 0.3) is 5.91 Å². The average Bonchev–Trinajstić information content (AvgIpc) is 3.41. The first-order chi connectivity index (χ1) is 19.5. The van der Waals surface area contributed by atoms with E-state index in [0.717, 1.165) is 5.39 Å². The molecule has 200 valence electrons. The van der Waals surface area contributed by atoms with Gasteiger partial charge in [-0.3, -0.25) is 14.8 Å². The number of nitrogens with zero attached hydrogens (tertiary/aromatic N) is 6. The Balaban J connectivity index is 1.36. The van der Waals surface area contributed by atoms with Crippen molar-refractivity contribution in [2.24, 2.45) is 0 Å². The topological polar surface area (TPSA) is 146 Å². The molecule has 12 heteroatoms. The van der Waals surface area contributed by atoms with E-state index in [0.29, 0.717) is 46.4 Å². The number of fused-ring (bicyclic) bond motifs is 1. The van der Waals surface area contributed by atoms with Crippen LogP contribution >= 0.6 is 0 Å². The number of amides is 1. The highest BCUT2D eigenvalue weighted by Gasteiger charge is 2.21. The molecule has 12 nitrogen and oxygen atoms in total. The van der Waals surface area contributed by atoms with Gasteiger partial charge in [-0.1, -0.05) is 0 Å². The molecule has 0 saturated heterocycles. The number of hydrogen-bond acceptors (Lipinski definition) is 10. The first-order valence-corrected chi connectivity index (χ1v) is 12.1. The maximum atomic E-state index is 13.1. The first kappa shape index (κ1) is 25.9. The highest BCUT2D eigenvalue weighted by atomic mass is 16.5. The van der Waals surface area contributed by atoms with E-state index in [-0.39, 0.29) is 17.3 Å². The molecule has 0 aliphatic carbocycles. The smallest absolute Gasteiger partial charge is 0.281 e. The fraction of sp³-hybridized carbons (Fsp3) is 0.143. The van der Waals surface area contributed by atoms with Crippen LogP contribution in [0.2, 0.25) is 0 Å². The largest absolute Gasteiger partial charge is 0.493 e. The van der Waals surface area contributed by atoms with E-state index < -0.39 is 5.91 Å². The Morgan fingerprint density at radius 2 is 1.82 bits per heavy atom. The molecular weight excluding hydrogens is 514 g/mol. The van der Waals surface area contributed by atoms with E-state index in [1.165, 1.54) is 29.5 Å². The van der Waals surface area contributed by atoms with Gasteiger partial charge in [0.2, 0.25) is 0 Å². The summed E-state index contributed by atoms with van der Waals surface area (Å²) in [5.74, 6) is 2.09. The van der Waals surface area contributed by atoms with Gasteiger partial charge in [-0.05, 0) is 37.3 Å². The minimum Gasteiger partial charge on any atom is -0.493 e. The SMILES string of the molecule is CCOc1cn(-c2cnccc2C#N)nc1C(=O)Nc1ccc(Oc2ccnc3cc(OC)c(OC)cc23)cn1. The van der Waals surface area contributed by atoms with E-state index in [2.05, 4.69) is 31.4 Å². The molecule has 5 aromatic rings. The number of nitrogens with one attached hydrogen (secondary N) is 1. The van der Waals surface area contributed by atoms with Crippen LogP contribution in [0, 0.1) is 11.3 Å². The lowest BCUT2D eigenvalue weighted by Crippen LogP contribution is -2.15. The van der Waals surface area contributed by atoms with Gasteiger partial charge in [-0.25, -0.2) is 9.67 Å². The summed E-state index contributed by atoms with van der Waals surface area (Å²) in [6, 6.07) is 12.2. The Labute approximate surface area is 228 Å². The van der Waals surface area contributed by atoms with Crippen LogP contribution in [0.5, 0.6) is 28.7 Å². The van der Waals surface area contributed by atoms with Crippen molar-refractivity contribution in [1.29, 1.82) is 5.26 Å². The van der Waals surface area contributed by atoms with E-state index >= 15 is 0 Å². The van der Waals surface area contributed by atoms with Crippen LogP contribution in [0.15, 0.2) is 67.4 Å². The molecule has 0 aliphatic heterocycles. The van der Waals surface area contributed by atoms with Crippen LogP contribution in [-0.4, -0.2) is 51.5 Å². The molecule has 0 aliphatic rings. The second-order valence-electron chi connectivity index (χ2n) is 8.19. The molecule has 0 radical (unpaired) electrons. The summed E-state index contributed by atoms with van der Waals surface area (Å²) in [6.07, 6.45) is 7.64. The van der Waals surface area contributed by atoms with Crippen LogP contribution in [0.3, 0.4) is 0 Å². The predicted octanol–water partition coefficient (Wildman–Crippen LogP) is 4.54. The number of hydrogen-bond donors (Lipinski definition) is 1. The van der Waals surface area contributed by atoms with Crippen molar-refractivity contribution in [1.82, 2.24) is 24.7 Å². The second-order valence-corrected chi connectivity index (χ2v) is 8.19. The summed E-state index contributed by atoms with van der Waals surface area (Å²) in [7, 11) is 3.12. The molecule has 5 rings (SSSR count). The van der Waals surface area contributed by atoms with E-state index in [1.54, 1.807) is 63.7 Å². The number of pyridine rings is 3. The highest BCUT2D eigenvalue weighted by molar-refractivity contribution is 6.04. The van der Waals surface area contributed by atoms with Crippen LogP contribution in [0.1, 0.15) is 23.0 Å². The van der Waals surface area contributed by atoms with Crippen molar-refractivity contribution in [3.63, 3.8) is 0 Å². The van der Waals surface area contributed by atoms with Gasteiger partial charge in [-0.2, -0.15) is 10.4 Å². The number of aromatic nitrogens is 5. The van der Waals surface area contributed by atoms with Gasteiger partial charge in [-0.15, -0.1) is 0 Å². The number of ether oxygens (including phenoxy) is 4. The number of nitriles is 1. The predicted molar refractivity (Wildman–Crippen MR) is 144 cm³/mol. The number of anilines is 1. The molecule has 0 saturated carbocycles. The molecule has 0 fully saturated rings. The molecule has 4 heterocycles. The van der Waals surface area contributed by atoms with E-state index in [9.17, 15) is 10.1 Å². The third-order valence-electron chi connectivity index (χ3n) is 5.78. The fourth-order valence-electron chi connectivity index (χ4n) is 3.92. The number of carbonyl (C=O) groups excluding carboxylic acids is 1. The molecule has 4 aromatic heterocycles. The third-order valence-corrected chi connectivity index (χ3v) is 5.78. The molecule has 0 unspecified atom stereocenters. The van der Waals surface area contributed by atoms with E-state index in [1.807, 2.05) is 0 Å². The number of rotatable bonds is 9. The molecule has 1 aromatic carbocycles. The van der Waals surface area contributed by atoms with Crippen molar-refractivity contribution in [2.75, 3.05) is 26.1 Å². The first-order valence-electron chi connectivity index (χ1n) is 12.1. The summed E-state index contributed by atoms with van der Waals surface area (Å²) in [5, 5.41) is 17.2. The number of benzene rings is 1. The van der Waals surface area contributed by atoms with Gasteiger partial charge >= 0.3 is 0 Å². The van der Waals surface area contributed by atoms with Gasteiger partial charge in [0.15, 0.2) is 22.9 Å². The Hall–Kier alpha value is -5.70. The van der Waals surface area contributed by atoms with Gasteiger partial charge in [0, 0.05) is 23.8 Å². The molecule has 0 bridgehead atoms. The molecule has 40 heavy (non-hydrogen) atoms. The van der Waals surface area contributed by atoms with Crippen molar-refractivity contribution in [3.05, 3.63) is 78.6 Å². The van der Waals surface area contributed by atoms with Gasteiger partial charge in [0.1, 0.15) is 29.1 Å². The Morgan fingerprint density at radius 3 is 2.55 bits per heavy atom. The Morgan fingerprint density at radius 1 is 1.00 bits per heavy atom. The summed E-state index contributed by atoms with van der Waals surface area (Å²) in [5.41, 5.74) is 1.47. The molecule has 0 atom stereocenters. The molecular formula is C28H23N7O5. The van der Waals surface area contributed by atoms with Crippen molar-refractivity contribution < 1.29 is 23.7 Å². The van der Waals surface area contributed by atoms with Crippen LogP contribution in [0.4, 0.5) is 5.82 Å². The Kier molecular flexibility index (Phi) is 7.36. The normalized spacial score (nSPS) is 10.6.